The number of aldehydes is 1. The molecule has 0 saturated heterocycles. The summed E-state index contributed by atoms with van der Waals surface area (Å²) in [4.78, 5) is 10.9. The van der Waals surface area contributed by atoms with Crippen LogP contribution in [0.5, 0.6) is 0 Å². The zero-order valence-corrected chi connectivity index (χ0v) is 9.63. The van der Waals surface area contributed by atoms with Crippen LogP contribution in [0.4, 0.5) is 0 Å². The lowest BCUT2D eigenvalue weighted by Gasteiger charge is -2.05. The van der Waals surface area contributed by atoms with Crippen LogP contribution < -0.4 is 0 Å². The van der Waals surface area contributed by atoms with E-state index >= 15 is 0 Å². The molecule has 0 saturated carbocycles. The van der Waals surface area contributed by atoms with Gasteiger partial charge in [-0.3, -0.25) is 4.79 Å². The van der Waals surface area contributed by atoms with Crippen LogP contribution in [-0.4, -0.2) is 10.9 Å². The molecule has 0 aliphatic carbocycles. The molecule has 2 aromatic rings. The van der Waals surface area contributed by atoms with Crippen LogP contribution >= 0.6 is 15.9 Å². The minimum absolute atomic E-state index is 0.728. The standard InChI is InChI=1S/C11H10BrNO/c1-7-5-10(12)9(6-14)8-3-4-13(2)11(7)8/h3-6H,1-2H3. The maximum absolute atomic E-state index is 10.9. The minimum Gasteiger partial charge on any atom is -0.350 e. The number of halogens is 1. The maximum atomic E-state index is 10.9. The highest BCUT2D eigenvalue weighted by molar-refractivity contribution is 9.10. The molecule has 0 unspecified atom stereocenters. The lowest BCUT2D eigenvalue weighted by atomic mass is 10.1. The summed E-state index contributed by atoms with van der Waals surface area (Å²) in [6, 6.07) is 3.95. The lowest BCUT2D eigenvalue weighted by molar-refractivity contribution is 0.112. The molecule has 1 aromatic heterocycles. The van der Waals surface area contributed by atoms with Crippen molar-refractivity contribution in [1.29, 1.82) is 0 Å². The number of carbonyl (C=O) groups is 1. The van der Waals surface area contributed by atoms with Gasteiger partial charge in [-0.25, -0.2) is 0 Å². The fourth-order valence-corrected chi connectivity index (χ4v) is 2.47. The van der Waals surface area contributed by atoms with Crippen LogP contribution in [-0.2, 0) is 7.05 Å². The van der Waals surface area contributed by atoms with E-state index in [1.165, 1.54) is 5.56 Å². The number of fused-ring (bicyclic) bond motifs is 1. The number of benzene rings is 1. The highest BCUT2D eigenvalue weighted by Crippen LogP contribution is 2.28. The van der Waals surface area contributed by atoms with Gasteiger partial charge in [-0.1, -0.05) is 15.9 Å². The van der Waals surface area contributed by atoms with Crippen molar-refractivity contribution in [3.8, 4) is 0 Å². The largest absolute Gasteiger partial charge is 0.350 e. The summed E-state index contributed by atoms with van der Waals surface area (Å²) in [6.45, 7) is 2.04. The smallest absolute Gasteiger partial charge is 0.151 e. The fraction of sp³-hybridized carbons (Fsp3) is 0.182. The average molecular weight is 252 g/mol. The summed E-state index contributed by atoms with van der Waals surface area (Å²) < 4.78 is 2.90. The van der Waals surface area contributed by atoms with Gasteiger partial charge >= 0.3 is 0 Å². The van der Waals surface area contributed by atoms with E-state index in [2.05, 4.69) is 15.9 Å². The Balaban J connectivity index is 2.99. The van der Waals surface area contributed by atoms with Gasteiger partial charge in [0.1, 0.15) is 0 Å². The first-order valence-electron chi connectivity index (χ1n) is 4.34. The van der Waals surface area contributed by atoms with Crippen molar-refractivity contribution in [1.82, 2.24) is 4.57 Å². The molecule has 14 heavy (non-hydrogen) atoms. The van der Waals surface area contributed by atoms with Gasteiger partial charge in [-0.2, -0.15) is 0 Å². The average Bonchev–Trinajstić information content (AvgIpc) is 2.49. The number of nitrogens with zero attached hydrogens (tertiary/aromatic N) is 1. The van der Waals surface area contributed by atoms with E-state index < -0.39 is 0 Å². The van der Waals surface area contributed by atoms with Crippen LogP contribution in [0.1, 0.15) is 15.9 Å². The van der Waals surface area contributed by atoms with Gasteiger partial charge in [0, 0.05) is 28.7 Å². The van der Waals surface area contributed by atoms with Crippen molar-refractivity contribution in [2.24, 2.45) is 7.05 Å². The van der Waals surface area contributed by atoms with Gasteiger partial charge in [0.2, 0.25) is 0 Å². The van der Waals surface area contributed by atoms with Gasteiger partial charge in [0.05, 0.1) is 5.52 Å². The molecule has 0 radical (unpaired) electrons. The quantitative estimate of drug-likeness (QED) is 0.715. The number of hydrogen-bond donors (Lipinski definition) is 0. The van der Waals surface area contributed by atoms with Crippen LogP contribution in [0.3, 0.4) is 0 Å². The van der Waals surface area contributed by atoms with Crippen LogP contribution in [0, 0.1) is 6.92 Å². The zero-order valence-electron chi connectivity index (χ0n) is 8.04. The predicted molar refractivity (Wildman–Crippen MR) is 60.7 cm³/mol. The third-order valence-electron chi connectivity index (χ3n) is 2.45. The highest BCUT2D eigenvalue weighted by Gasteiger charge is 2.09. The Morgan fingerprint density at radius 3 is 2.86 bits per heavy atom. The number of hydrogen-bond acceptors (Lipinski definition) is 1. The maximum Gasteiger partial charge on any atom is 0.151 e. The Kier molecular flexibility index (Phi) is 2.19. The molecule has 0 spiro atoms. The molecule has 0 fully saturated rings. The Labute approximate surface area is 90.7 Å². The van der Waals surface area contributed by atoms with Crippen molar-refractivity contribution in [2.45, 2.75) is 6.92 Å². The third-order valence-corrected chi connectivity index (χ3v) is 3.11. The number of carbonyl (C=O) groups excluding carboxylic acids is 1. The molecule has 0 bridgehead atoms. The van der Waals surface area contributed by atoms with Gasteiger partial charge in [-0.15, -0.1) is 0 Å². The van der Waals surface area contributed by atoms with Gasteiger partial charge < -0.3 is 4.57 Å². The minimum atomic E-state index is 0.728. The summed E-state index contributed by atoms with van der Waals surface area (Å²) in [7, 11) is 1.98. The van der Waals surface area contributed by atoms with Crippen LogP contribution in [0.25, 0.3) is 10.9 Å². The first kappa shape index (κ1) is 9.46. The molecule has 1 aromatic carbocycles. The topological polar surface area (TPSA) is 22.0 Å². The van der Waals surface area contributed by atoms with Gasteiger partial charge in [0.25, 0.3) is 0 Å². The van der Waals surface area contributed by atoms with E-state index in [0.29, 0.717) is 0 Å². The Bertz CT molecular complexity index is 513. The fourth-order valence-electron chi connectivity index (χ4n) is 1.82. The van der Waals surface area contributed by atoms with Crippen molar-refractivity contribution < 1.29 is 4.79 Å². The molecule has 0 aliphatic heterocycles. The summed E-state index contributed by atoms with van der Waals surface area (Å²) >= 11 is 3.40. The molecule has 2 rings (SSSR count). The summed E-state index contributed by atoms with van der Waals surface area (Å²) in [5.41, 5.74) is 3.02. The third kappa shape index (κ3) is 1.20. The molecule has 1 heterocycles. The normalized spacial score (nSPS) is 10.8. The molecule has 0 aliphatic rings. The highest BCUT2D eigenvalue weighted by atomic mass is 79.9. The second-order valence-electron chi connectivity index (χ2n) is 3.40. The van der Waals surface area contributed by atoms with Crippen LogP contribution in [0.15, 0.2) is 22.8 Å². The molecule has 2 nitrogen and oxygen atoms in total. The van der Waals surface area contributed by atoms with E-state index in [9.17, 15) is 4.79 Å². The van der Waals surface area contributed by atoms with E-state index in [-0.39, 0.29) is 0 Å². The number of aryl methyl sites for hydroxylation is 2. The van der Waals surface area contributed by atoms with Crippen molar-refractivity contribution in [3.63, 3.8) is 0 Å². The monoisotopic (exact) mass is 251 g/mol. The second-order valence-corrected chi connectivity index (χ2v) is 4.25. The Morgan fingerprint density at radius 1 is 1.50 bits per heavy atom. The molecule has 0 amide bonds. The summed E-state index contributed by atoms with van der Waals surface area (Å²) in [5, 5.41) is 1.01. The summed E-state index contributed by atoms with van der Waals surface area (Å²) in [5.74, 6) is 0. The lowest BCUT2D eigenvalue weighted by Crippen LogP contribution is -1.91. The summed E-state index contributed by atoms with van der Waals surface area (Å²) in [6.07, 6.45) is 2.86. The van der Waals surface area contributed by atoms with Crippen molar-refractivity contribution in [3.05, 3.63) is 33.9 Å². The molecule has 72 valence electrons. The number of aromatic nitrogens is 1. The number of rotatable bonds is 1. The first-order chi connectivity index (χ1) is 6.65. The predicted octanol–water partition coefficient (Wildman–Crippen LogP) is 3.06. The van der Waals surface area contributed by atoms with Crippen LogP contribution in [0.2, 0.25) is 0 Å². The first-order valence-corrected chi connectivity index (χ1v) is 5.13. The van der Waals surface area contributed by atoms with Gasteiger partial charge in [0.15, 0.2) is 6.29 Å². The Morgan fingerprint density at radius 2 is 2.21 bits per heavy atom. The van der Waals surface area contributed by atoms with Gasteiger partial charge in [-0.05, 0) is 24.6 Å². The zero-order chi connectivity index (χ0) is 10.3. The SMILES string of the molecule is Cc1cc(Br)c(C=O)c2ccn(C)c12. The van der Waals surface area contributed by atoms with E-state index in [1.807, 2.05) is 36.9 Å². The van der Waals surface area contributed by atoms with E-state index in [0.717, 1.165) is 27.2 Å². The molecular weight excluding hydrogens is 242 g/mol. The molecule has 3 heteroatoms. The van der Waals surface area contributed by atoms with E-state index in [1.54, 1.807) is 0 Å². The second kappa shape index (κ2) is 3.24. The molecule has 0 N–H and O–H groups in total. The molecule has 0 atom stereocenters. The van der Waals surface area contributed by atoms with E-state index in [4.69, 9.17) is 0 Å². The molecular formula is C11H10BrNO. The van der Waals surface area contributed by atoms with Crippen molar-refractivity contribution >= 4 is 33.1 Å². The van der Waals surface area contributed by atoms with Crippen molar-refractivity contribution in [2.75, 3.05) is 0 Å². The Hall–Kier alpha value is -1.09.